The van der Waals surface area contributed by atoms with Gasteiger partial charge in [-0.2, -0.15) is 5.26 Å². The predicted octanol–water partition coefficient (Wildman–Crippen LogP) is 3.25. The van der Waals surface area contributed by atoms with Crippen LogP contribution >= 0.6 is 0 Å². The first-order valence-corrected chi connectivity index (χ1v) is 6.88. The van der Waals surface area contributed by atoms with E-state index in [4.69, 9.17) is 9.47 Å². The summed E-state index contributed by atoms with van der Waals surface area (Å²) in [5.74, 6) is 0.574. The van der Waals surface area contributed by atoms with Gasteiger partial charge in [0, 0.05) is 11.8 Å². The molecule has 0 aliphatic carbocycles. The van der Waals surface area contributed by atoms with Crippen molar-refractivity contribution in [2.24, 2.45) is 0 Å². The van der Waals surface area contributed by atoms with Gasteiger partial charge in [-0.15, -0.1) is 0 Å². The fraction of sp³-hybridized carbons (Fsp3) is 0.111. The van der Waals surface area contributed by atoms with Gasteiger partial charge in [-0.25, -0.2) is 0 Å². The van der Waals surface area contributed by atoms with Gasteiger partial charge >= 0.3 is 0 Å². The number of carbonyl (C=O) groups is 1. The number of ether oxygens (including phenoxy) is 2. The van der Waals surface area contributed by atoms with E-state index in [2.05, 4.69) is 5.32 Å². The van der Waals surface area contributed by atoms with E-state index < -0.39 is 5.91 Å². The first-order valence-electron chi connectivity index (χ1n) is 6.88. The molecule has 0 fully saturated rings. The van der Waals surface area contributed by atoms with E-state index in [1.165, 1.54) is 20.3 Å². The van der Waals surface area contributed by atoms with E-state index in [0.717, 1.165) is 5.56 Å². The van der Waals surface area contributed by atoms with Crippen molar-refractivity contribution in [3.05, 3.63) is 59.7 Å². The van der Waals surface area contributed by atoms with Gasteiger partial charge in [0.1, 0.15) is 11.6 Å². The molecule has 0 saturated heterocycles. The lowest BCUT2D eigenvalue weighted by Crippen LogP contribution is -2.13. The van der Waals surface area contributed by atoms with Crippen LogP contribution in [0.3, 0.4) is 0 Å². The van der Waals surface area contributed by atoms with Crippen molar-refractivity contribution in [3.8, 4) is 17.6 Å². The highest BCUT2D eigenvalue weighted by molar-refractivity contribution is 6.09. The molecule has 0 radical (unpaired) electrons. The van der Waals surface area contributed by atoms with Gasteiger partial charge < -0.3 is 14.8 Å². The summed E-state index contributed by atoms with van der Waals surface area (Å²) >= 11 is 0. The van der Waals surface area contributed by atoms with E-state index in [1.807, 2.05) is 36.4 Å². The molecule has 0 aliphatic heterocycles. The first-order chi connectivity index (χ1) is 11.2. The molecule has 2 rings (SSSR count). The third-order valence-electron chi connectivity index (χ3n) is 3.12. The lowest BCUT2D eigenvalue weighted by atomic mass is 10.1. The van der Waals surface area contributed by atoms with E-state index >= 15 is 0 Å². The van der Waals surface area contributed by atoms with Gasteiger partial charge in [-0.05, 0) is 23.8 Å². The first kappa shape index (κ1) is 16.1. The highest BCUT2D eigenvalue weighted by Gasteiger charge is 2.11. The van der Waals surface area contributed by atoms with Crippen LogP contribution in [0.1, 0.15) is 5.56 Å². The van der Waals surface area contributed by atoms with Crippen molar-refractivity contribution in [3.63, 3.8) is 0 Å². The fourth-order valence-electron chi connectivity index (χ4n) is 1.98. The van der Waals surface area contributed by atoms with Crippen molar-refractivity contribution < 1.29 is 14.3 Å². The maximum absolute atomic E-state index is 12.2. The van der Waals surface area contributed by atoms with Crippen molar-refractivity contribution in [1.82, 2.24) is 0 Å². The lowest BCUT2D eigenvalue weighted by Gasteiger charge is -2.10. The minimum Gasteiger partial charge on any atom is -0.493 e. The van der Waals surface area contributed by atoms with Crippen LogP contribution in [-0.4, -0.2) is 20.1 Å². The molecular weight excluding hydrogens is 292 g/mol. The molecule has 1 N–H and O–H groups in total. The maximum atomic E-state index is 12.2. The Balaban J connectivity index is 2.20. The number of anilines is 1. The molecule has 0 heterocycles. The van der Waals surface area contributed by atoms with Crippen LogP contribution in [0.15, 0.2) is 54.1 Å². The Morgan fingerprint density at radius 2 is 1.78 bits per heavy atom. The molecule has 2 aromatic carbocycles. The van der Waals surface area contributed by atoms with Gasteiger partial charge in [0.15, 0.2) is 11.5 Å². The zero-order valence-electron chi connectivity index (χ0n) is 12.9. The van der Waals surface area contributed by atoms with Crippen molar-refractivity contribution in [1.29, 1.82) is 5.26 Å². The Bertz CT molecular complexity index is 762. The second-order valence-electron chi connectivity index (χ2n) is 4.60. The number of nitriles is 1. The third kappa shape index (κ3) is 4.11. The lowest BCUT2D eigenvalue weighted by molar-refractivity contribution is -0.112. The standard InChI is InChI=1S/C18H16N2O3/c1-22-16-9-8-15(11-17(16)23-2)20-18(21)14(12-19)10-13-6-4-3-5-7-13/h3-11H,1-2H3,(H,20,21)/b14-10+. The molecule has 0 atom stereocenters. The highest BCUT2D eigenvalue weighted by atomic mass is 16.5. The summed E-state index contributed by atoms with van der Waals surface area (Å²) in [6.07, 6.45) is 1.54. The quantitative estimate of drug-likeness (QED) is 0.680. The Labute approximate surface area is 134 Å². The Kier molecular flexibility index (Phi) is 5.37. The summed E-state index contributed by atoms with van der Waals surface area (Å²) in [4.78, 5) is 12.2. The molecule has 116 valence electrons. The summed E-state index contributed by atoms with van der Waals surface area (Å²) in [6.45, 7) is 0. The number of methoxy groups -OCH3 is 2. The SMILES string of the molecule is COc1ccc(NC(=O)/C(C#N)=C/c2ccccc2)cc1OC. The second kappa shape index (κ2) is 7.66. The smallest absolute Gasteiger partial charge is 0.266 e. The van der Waals surface area contributed by atoms with Crippen molar-refractivity contribution in [2.45, 2.75) is 0 Å². The summed E-state index contributed by atoms with van der Waals surface area (Å²) in [5, 5.41) is 11.9. The van der Waals surface area contributed by atoms with Crippen LogP contribution in [0.2, 0.25) is 0 Å². The van der Waals surface area contributed by atoms with E-state index in [9.17, 15) is 10.1 Å². The number of hydrogen-bond donors (Lipinski definition) is 1. The number of benzene rings is 2. The Hall–Kier alpha value is -3.26. The van der Waals surface area contributed by atoms with Crippen LogP contribution in [-0.2, 0) is 4.79 Å². The minimum atomic E-state index is -0.483. The summed E-state index contributed by atoms with van der Waals surface area (Å²) < 4.78 is 10.3. The average Bonchev–Trinajstić information content (AvgIpc) is 2.60. The van der Waals surface area contributed by atoms with Crippen molar-refractivity contribution in [2.75, 3.05) is 19.5 Å². The number of hydrogen-bond acceptors (Lipinski definition) is 4. The van der Waals surface area contributed by atoms with Gasteiger partial charge in [0.2, 0.25) is 0 Å². The number of nitrogens with zero attached hydrogens (tertiary/aromatic N) is 1. The number of carbonyl (C=O) groups excluding carboxylic acids is 1. The van der Waals surface area contributed by atoms with E-state index in [-0.39, 0.29) is 5.57 Å². The zero-order chi connectivity index (χ0) is 16.7. The molecule has 23 heavy (non-hydrogen) atoms. The normalized spacial score (nSPS) is 10.6. The van der Waals surface area contributed by atoms with Crippen LogP contribution in [0.4, 0.5) is 5.69 Å². The summed E-state index contributed by atoms with van der Waals surface area (Å²) in [7, 11) is 3.05. The molecule has 2 aromatic rings. The molecule has 0 aliphatic rings. The maximum Gasteiger partial charge on any atom is 0.266 e. The molecule has 0 saturated carbocycles. The Morgan fingerprint density at radius 1 is 1.09 bits per heavy atom. The molecule has 0 bridgehead atoms. The van der Waals surface area contributed by atoms with Crippen molar-refractivity contribution >= 4 is 17.7 Å². The van der Waals surface area contributed by atoms with Gasteiger partial charge in [-0.1, -0.05) is 30.3 Å². The van der Waals surface area contributed by atoms with E-state index in [1.54, 1.807) is 18.2 Å². The second-order valence-corrected chi connectivity index (χ2v) is 4.60. The predicted molar refractivity (Wildman–Crippen MR) is 88.2 cm³/mol. The molecule has 0 aromatic heterocycles. The summed E-state index contributed by atoms with van der Waals surface area (Å²) in [5.41, 5.74) is 1.32. The van der Waals surface area contributed by atoms with Crippen LogP contribution in [0, 0.1) is 11.3 Å². The summed E-state index contributed by atoms with van der Waals surface area (Å²) in [6, 6.07) is 16.1. The Morgan fingerprint density at radius 3 is 2.39 bits per heavy atom. The minimum absolute atomic E-state index is 0.0194. The highest BCUT2D eigenvalue weighted by Crippen LogP contribution is 2.29. The fourth-order valence-corrected chi connectivity index (χ4v) is 1.98. The van der Waals surface area contributed by atoms with Gasteiger partial charge in [-0.3, -0.25) is 4.79 Å². The van der Waals surface area contributed by atoms with Crippen LogP contribution in [0.25, 0.3) is 6.08 Å². The van der Waals surface area contributed by atoms with Gasteiger partial charge in [0.05, 0.1) is 14.2 Å². The molecule has 5 heteroatoms. The largest absolute Gasteiger partial charge is 0.493 e. The third-order valence-corrected chi connectivity index (χ3v) is 3.12. The monoisotopic (exact) mass is 308 g/mol. The van der Waals surface area contributed by atoms with Gasteiger partial charge in [0.25, 0.3) is 5.91 Å². The molecule has 5 nitrogen and oxygen atoms in total. The zero-order valence-corrected chi connectivity index (χ0v) is 12.9. The number of amides is 1. The molecular formula is C18H16N2O3. The number of rotatable bonds is 5. The molecule has 0 unspecified atom stereocenters. The average molecular weight is 308 g/mol. The molecule has 1 amide bonds. The molecule has 0 spiro atoms. The van der Waals surface area contributed by atoms with Crippen LogP contribution < -0.4 is 14.8 Å². The number of nitrogens with one attached hydrogen (secondary N) is 1. The van der Waals surface area contributed by atoms with E-state index in [0.29, 0.717) is 17.2 Å². The topological polar surface area (TPSA) is 71.3 Å². The van der Waals surface area contributed by atoms with Crippen LogP contribution in [0.5, 0.6) is 11.5 Å².